The van der Waals surface area contributed by atoms with Gasteiger partial charge in [0.25, 0.3) is 0 Å². The number of carbonyl (C=O) groups is 2. The SMILES string of the molecule is CCCCN(C)C(=O)CCN(CCc1ccc(Cl)cc1)C(C)=O. The Hall–Kier alpha value is -1.55. The van der Waals surface area contributed by atoms with Crippen LogP contribution in [0.1, 0.15) is 38.7 Å². The van der Waals surface area contributed by atoms with E-state index in [0.717, 1.165) is 31.4 Å². The van der Waals surface area contributed by atoms with Crippen LogP contribution in [0.5, 0.6) is 0 Å². The summed E-state index contributed by atoms with van der Waals surface area (Å²) in [7, 11) is 1.82. The second kappa shape index (κ2) is 10.3. The highest BCUT2D eigenvalue weighted by Crippen LogP contribution is 2.10. The van der Waals surface area contributed by atoms with Gasteiger partial charge < -0.3 is 9.80 Å². The van der Waals surface area contributed by atoms with Crippen molar-refractivity contribution in [3.63, 3.8) is 0 Å². The Kier molecular flexibility index (Phi) is 8.70. The third-order valence-electron chi connectivity index (χ3n) is 3.90. The van der Waals surface area contributed by atoms with E-state index in [-0.39, 0.29) is 11.8 Å². The van der Waals surface area contributed by atoms with Crippen LogP contribution in [-0.2, 0) is 16.0 Å². The van der Waals surface area contributed by atoms with Crippen molar-refractivity contribution in [2.24, 2.45) is 0 Å². The first kappa shape index (κ1) is 19.5. The van der Waals surface area contributed by atoms with E-state index >= 15 is 0 Å². The summed E-state index contributed by atoms with van der Waals surface area (Å²) in [5.74, 6) is 0.0965. The zero-order valence-corrected chi connectivity index (χ0v) is 15.1. The molecule has 128 valence electrons. The maximum Gasteiger partial charge on any atom is 0.224 e. The maximum absolute atomic E-state index is 12.1. The zero-order chi connectivity index (χ0) is 17.2. The third-order valence-corrected chi connectivity index (χ3v) is 4.15. The molecule has 0 saturated carbocycles. The summed E-state index contributed by atoms with van der Waals surface area (Å²) in [6.45, 7) is 5.51. The summed E-state index contributed by atoms with van der Waals surface area (Å²) in [4.78, 5) is 27.3. The molecule has 0 aliphatic rings. The Labute approximate surface area is 144 Å². The molecule has 0 fully saturated rings. The molecule has 1 aromatic carbocycles. The summed E-state index contributed by atoms with van der Waals surface area (Å²) >= 11 is 5.87. The van der Waals surface area contributed by atoms with Crippen LogP contribution in [0, 0.1) is 0 Å². The third kappa shape index (κ3) is 7.51. The molecule has 0 spiro atoms. The molecule has 2 amide bonds. The fraction of sp³-hybridized carbons (Fsp3) is 0.556. The highest BCUT2D eigenvalue weighted by molar-refractivity contribution is 6.30. The number of carbonyl (C=O) groups excluding carboxylic acids is 2. The monoisotopic (exact) mass is 338 g/mol. The van der Waals surface area contributed by atoms with Crippen LogP contribution in [0.15, 0.2) is 24.3 Å². The standard InChI is InChI=1S/C18H27ClN2O2/c1-4-5-12-20(3)18(23)11-14-21(15(2)22)13-10-16-6-8-17(19)9-7-16/h6-9H,4-5,10-14H2,1-3H3. The van der Waals surface area contributed by atoms with Gasteiger partial charge in [0.2, 0.25) is 11.8 Å². The number of rotatable bonds is 9. The Bertz CT molecular complexity index is 502. The van der Waals surface area contributed by atoms with Gasteiger partial charge in [0.1, 0.15) is 0 Å². The van der Waals surface area contributed by atoms with Gasteiger partial charge in [-0.3, -0.25) is 9.59 Å². The van der Waals surface area contributed by atoms with Crippen LogP contribution >= 0.6 is 11.6 Å². The number of hydrogen-bond donors (Lipinski definition) is 0. The van der Waals surface area contributed by atoms with Gasteiger partial charge in [-0.1, -0.05) is 37.1 Å². The molecular formula is C18H27ClN2O2. The molecule has 1 rings (SSSR count). The lowest BCUT2D eigenvalue weighted by Crippen LogP contribution is -2.36. The van der Waals surface area contributed by atoms with Gasteiger partial charge in [-0.2, -0.15) is 0 Å². The molecule has 0 N–H and O–H groups in total. The van der Waals surface area contributed by atoms with E-state index in [1.54, 1.807) is 16.7 Å². The van der Waals surface area contributed by atoms with E-state index in [1.807, 2.05) is 31.3 Å². The number of benzene rings is 1. The quantitative estimate of drug-likeness (QED) is 0.692. The van der Waals surface area contributed by atoms with Crippen molar-refractivity contribution < 1.29 is 9.59 Å². The molecule has 4 nitrogen and oxygen atoms in total. The van der Waals surface area contributed by atoms with Crippen molar-refractivity contribution in [3.8, 4) is 0 Å². The van der Waals surface area contributed by atoms with E-state index < -0.39 is 0 Å². The van der Waals surface area contributed by atoms with Crippen LogP contribution < -0.4 is 0 Å². The number of amides is 2. The van der Waals surface area contributed by atoms with Gasteiger partial charge >= 0.3 is 0 Å². The molecule has 0 aromatic heterocycles. The van der Waals surface area contributed by atoms with Crippen LogP contribution in [0.3, 0.4) is 0 Å². The second-order valence-corrected chi connectivity index (χ2v) is 6.24. The van der Waals surface area contributed by atoms with Gasteiger partial charge in [0.05, 0.1) is 0 Å². The maximum atomic E-state index is 12.1. The summed E-state index contributed by atoms with van der Waals surface area (Å²) in [5.41, 5.74) is 1.13. The first-order valence-corrected chi connectivity index (χ1v) is 8.55. The van der Waals surface area contributed by atoms with E-state index in [9.17, 15) is 9.59 Å². The Morgan fingerprint density at radius 3 is 2.30 bits per heavy atom. The van der Waals surface area contributed by atoms with Crippen molar-refractivity contribution in [2.45, 2.75) is 39.5 Å². The lowest BCUT2D eigenvalue weighted by Gasteiger charge is -2.23. The average molecular weight is 339 g/mol. The lowest BCUT2D eigenvalue weighted by molar-refractivity contribution is -0.132. The zero-order valence-electron chi connectivity index (χ0n) is 14.3. The number of nitrogens with zero attached hydrogens (tertiary/aromatic N) is 2. The Balaban J connectivity index is 2.44. The number of halogens is 1. The average Bonchev–Trinajstić information content (AvgIpc) is 2.53. The highest BCUT2D eigenvalue weighted by Gasteiger charge is 2.13. The van der Waals surface area contributed by atoms with Crippen molar-refractivity contribution in [2.75, 3.05) is 26.7 Å². The normalized spacial score (nSPS) is 10.4. The molecule has 23 heavy (non-hydrogen) atoms. The fourth-order valence-corrected chi connectivity index (χ4v) is 2.41. The molecule has 0 atom stereocenters. The summed E-state index contributed by atoms with van der Waals surface area (Å²) in [6.07, 6.45) is 3.21. The van der Waals surface area contributed by atoms with E-state index in [1.165, 1.54) is 0 Å². The van der Waals surface area contributed by atoms with Crippen LogP contribution in [0.4, 0.5) is 0 Å². The molecule has 0 aliphatic carbocycles. The van der Waals surface area contributed by atoms with Gasteiger partial charge in [0, 0.05) is 45.0 Å². The molecule has 0 unspecified atom stereocenters. The Morgan fingerprint density at radius 2 is 1.74 bits per heavy atom. The Morgan fingerprint density at radius 1 is 1.09 bits per heavy atom. The van der Waals surface area contributed by atoms with Gasteiger partial charge in [-0.15, -0.1) is 0 Å². The van der Waals surface area contributed by atoms with Crippen LogP contribution in [0.2, 0.25) is 5.02 Å². The van der Waals surface area contributed by atoms with Gasteiger partial charge in [-0.25, -0.2) is 0 Å². The first-order chi connectivity index (χ1) is 10.9. The number of unbranched alkanes of at least 4 members (excludes halogenated alkanes) is 1. The fourth-order valence-electron chi connectivity index (χ4n) is 2.28. The second-order valence-electron chi connectivity index (χ2n) is 5.80. The minimum Gasteiger partial charge on any atom is -0.346 e. The van der Waals surface area contributed by atoms with E-state index in [0.29, 0.717) is 24.5 Å². The molecule has 0 aliphatic heterocycles. The summed E-state index contributed by atoms with van der Waals surface area (Å²) in [5, 5.41) is 0.706. The lowest BCUT2D eigenvalue weighted by atomic mass is 10.1. The molecular weight excluding hydrogens is 312 g/mol. The van der Waals surface area contributed by atoms with E-state index in [2.05, 4.69) is 6.92 Å². The molecule has 0 saturated heterocycles. The van der Waals surface area contributed by atoms with Gasteiger partial charge in [0.15, 0.2) is 0 Å². The predicted molar refractivity (Wildman–Crippen MR) is 94.6 cm³/mol. The highest BCUT2D eigenvalue weighted by atomic mass is 35.5. The molecule has 0 heterocycles. The van der Waals surface area contributed by atoms with Crippen molar-refractivity contribution in [1.29, 1.82) is 0 Å². The van der Waals surface area contributed by atoms with Crippen molar-refractivity contribution in [1.82, 2.24) is 9.80 Å². The summed E-state index contributed by atoms with van der Waals surface area (Å²) < 4.78 is 0. The molecule has 0 radical (unpaired) electrons. The van der Waals surface area contributed by atoms with Crippen molar-refractivity contribution >= 4 is 23.4 Å². The van der Waals surface area contributed by atoms with Gasteiger partial charge in [-0.05, 0) is 30.5 Å². The molecule has 0 bridgehead atoms. The summed E-state index contributed by atoms with van der Waals surface area (Å²) in [6, 6.07) is 7.62. The molecule has 1 aromatic rings. The van der Waals surface area contributed by atoms with E-state index in [4.69, 9.17) is 11.6 Å². The largest absolute Gasteiger partial charge is 0.346 e. The smallest absolute Gasteiger partial charge is 0.224 e. The van der Waals surface area contributed by atoms with Crippen LogP contribution in [-0.4, -0.2) is 48.3 Å². The minimum atomic E-state index is 0.00275. The first-order valence-electron chi connectivity index (χ1n) is 8.18. The molecule has 5 heteroatoms. The van der Waals surface area contributed by atoms with Crippen LogP contribution in [0.25, 0.3) is 0 Å². The predicted octanol–water partition coefficient (Wildman–Crippen LogP) is 3.38. The topological polar surface area (TPSA) is 40.6 Å². The number of hydrogen-bond acceptors (Lipinski definition) is 2. The minimum absolute atomic E-state index is 0.00275. The van der Waals surface area contributed by atoms with Crippen molar-refractivity contribution in [3.05, 3.63) is 34.9 Å².